The van der Waals surface area contributed by atoms with E-state index in [-0.39, 0.29) is 0 Å². The fraction of sp³-hybridized carbons (Fsp3) is 0.800. The quantitative estimate of drug-likeness (QED) is 0.278. The van der Waals surface area contributed by atoms with Gasteiger partial charge in [-0.3, -0.25) is 0 Å². The molecule has 0 aromatic carbocycles. The summed E-state index contributed by atoms with van der Waals surface area (Å²) in [4.78, 5) is 0. The maximum absolute atomic E-state index is 4.15. The van der Waals surface area contributed by atoms with E-state index in [1.165, 1.54) is 5.71 Å². The molecule has 0 spiro atoms. The van der Waals surface area contributed by atoms with Crippen LogP contribution in [0.1, 0.15) is 6.92 Å². The van der Waals surface area contributed by atoms with Crippen molar-refractivity contribution in [3.8, 4) is 0 Å². The Labute approximate surface area is 52.0 Å². The van der Waals surface area contributed by atoms with Crippen molar-refractivity contribution in [2.75, 3.05) is 14.1 Å². The van der Waals surface area contributed by atoms with E-state index in [4.69, 9.17) is 0 Å². The number of hydrogen-bond donors (Lipinski definition) is 0. The van der Waals surface area contributed by atoms with Gasteiger partial charge in [-0.1, -0.05) is 0 Å². The highest BCUT2D eigenvalue weighted by Crippen LogP contribution is 1.83. The van der Waals surface area contributed by atoms with E-state index in [0.29, 0.717) is 0 Å². The van der Waals surface area contributed by atoms with Crippen LogP contribution in [0.2, 0.25) is 6.32 Å². The molecule has 0 aliphatic rings. The number of rotatable bonds is 2. The third-order valence-electron chi connectivity index (χ3n) is 0.882. The van der Waals surface area contributed by atoms with Crippen LogP contribution in [0, 0.1) is 0 Å². The minimum absolute atomic E-state index is 1.04. The van der Waals surface area contributed by atoms with Crippen molar-refractivity contribution in [2.24, 2.45) is 5.10 Å². The van der Waals surface area contributed by atoms with Gasteiger partial charge in [0, 0.05) is 19.8 Å². The SMILES string of the molecule is BC/C(C)=N/N(C)C. The maximum atomic E-state index is 4.15. The van der Waals surface area contributed by atoms with Gasteiger partial charge in [0.25, 0.3) is 0 Å². The summed E-state index contributed by atoms with van der Waals surface area (Å²) >= 11 is 0. The van der Waals surface area contributed by atoms with Gasteiger partial charge in [0.15, 0.2) is 0 Å². The zero-order valence-electron chi connectivity index (χ0n) is 6.10. The van der Waals surface area contributed by atoms with Gasteiger partial charge in [0.1, 0.15) is 7.85 Å². The zero-order valence-corrected chi connectivity index (χ0v) is 6.10. The molecular weight excluding hydrogens is 98.9 g/mol. The highest BCUT2D eigenvalue weighted by molar-refractivity contribution is 6.20. The van der Waals surface area contributed by atoms with Gasteiger partial charge >= 0.3 is 0 Å². The molecule has 0 fully saturated rings. The molecule has 3 heteroatoms. The molecule has 0 saturated carbocycles. The molecular formula is C5H13BN2. The Bertz CT molecular complexity index is 88.4. The highest BCUT2D eigenvalue weighted by atomic mass is 15.4. The maximum Gasteiger partial charge on any atom is 0.108 e. The molecule has 0 aromatic rings. The molecule has 0 bridgehead atoms. The van der Waals surface area contributed by atoms with Crippen LogP contribution in [0.25, 0.3) is 0 Å². The van der Waals surface area contributed by atoms with E-state index in [1.54, 1.807) is 0 Å². The lowest BCUT2D eigenvalue weighted by molar-refractivity contribution is 0.437. The minimum atomic E-state index is 1.04. The van der Waals surface area contributed by atoms with Crippen molar-refractivity contribution < 1.29 is 0 Å². The molecule has 0 aliphatic carbocycles. The van der Waals surface area contributed by atoms with Crippen molar-refractivity contribution >= 4 is 13.6 Å². The van der Waals surface area contributed by atoms with Crippen LogP contribution in [0.4, 0.5) is 0 Å². The van der Waals surface area contributed by atoms with E-state index in [2.05, 4.69) is 12.9 Å². The van der Waals surface area contributed by atoms with E-state index in [9.17, 15) is 0 Å². The van der Waals surface area contributed by atoms with Crippen LogP contribution in [-0.4, -0.2) is 32.7 Å². The lowest BCUT2D eigenvalue weighted by atomic mass is 10.0. The van der Waals surface area contributed by atoms with Crippen molar-refractivity contribution in [3.63, 3.8) is 0 Å². The number of hydrazone groups is 1. The van der Waals surface area contributed by atoms with E-state index < -0.39 is 0 Å². The van der Waals surface area contributed by atoms with Crippen LogP contribution in [-0.2, 0) is 0 Å². The van der Waals surface area contributed by atoms with E-state index in [1.807, 2.05) is 26.0 Å². The average molecular weight is 112 g/mol. The van der Waals surface area contributed by atoms with Gasteiger partial charge in [-0.25, -0.2) is 0 Å². The van der Waals surface area contributed by atoms with Crippen LogP contribution >= 0.6 is 0 Å². The Morgan fingerprint density at radius 1 is 1.62 bits per heavy atom. The Morgan fingerprint density at radius 2 is 2.12 bits per heavy atom. The van der Waals surface area contributed by atoms with Crippen molar-refractivity contribution in [3.05, 3.63) is 0 Å². The summed E-state index contributed by atoms with van der Waals surface area (Å²) in [6.45, 7) is 2.03. The third-order valence-corrected chi connectivity index (χ3v) is 0.882. The van der Waals surface area contributed by atoms with Gasteiger partial charge in [-0.15, -0.1) is 0 Å². The second kappa shape index (κ2) is 3.53. The first-order chi connectivity index (χ1) is 3.66. The number of hydrogen-bond acceptors (Lipinski definition) is 2. The second-order valence-electron chi connectivity index (χ2n) is 2.04. The largest absolute Gasteiger partial charge is 0.303 e. The third kappa shape index (κ3) is 3.72. The minimum Gasteiger partial charge on any atom is -0.303 e. The first kappa shape index (κ1) is 7.53. The Balaban J connectivity index is 3.56. The lowest BCUT2D eigenvalue weighted by Crippen LogP contribution is -2.05. The molecule has 0 amide bonds. The molecule has 0 radical (unpaired) electrons. The molecule has 0 rings (SSSR count). The molecule has 0 aliphatic heterocycles. The lowest BCUT2D eigenvalue weighted by Gasteiger charge is -2.04. The smallest absolute Gasteiger partial charge is 0.108 e. The van der Waals surface area contributed by atoms with Crippen molar-refractivity contribution in [1.82, 2.24) is 5.01 Å². The summed E-state index contributed by atoms with van der Waals surface area (Å²) in [7, 11) is 5.96. The predicted octanol–water partition coefficient (Wildman–Crippen LogP) is -0.0247. The van der Waals surface area contributed by atoms with Crippen LogP contribution in [0.3, 0.4) is 0 Å². The van der Waals surface area contributed by atoms with Crippen LogP contribution < -0.4 is 0 Å². The molecule has 8 heavy (non-hydrogen) atoms. The summed E-state index contributed by atoms with van der Waals surface area (Å²) in [5.74, 6) is 0. The molecule has 0 unspecified atom stereocenters. The summed E-state index contributed by atoms with van der Waals surface area (Å²) in [6, 6.07) is 0. The van der Waals surface area contributed by atoms with E-state index >= 15 is 0 Å². The zero-order chi connectivity index (χ0) is 6.57. The standard InChI is InChI=1S/C5H13BN2/c1-5(4-6)7-8(2)3/h4,6H2,1-3H3/b7-5+. The molecule has 2 nitrogen and oxygen atoms in total. The topological polar surface area (TPSA) is 15.6 Å². The van der Waals surface area contributed by atoms with Crippen LogP contribution in [0.15, 0.2) is 5.10 Å². The Kier molecular flexibility index (Phi) is 3.32. The fourth-order valence-electron chi connectivity index (χ4n) is 0.412. The predicted molar refractivity (Wildman–Crippen MR) is 40.1 cm³/mol. The first-order valence-corrected chi connectivity index (χ1v) is 2.88. The van der Waals surface area contributed by atoms with Gasteiger partial charge in [-0.2, -0.15) is 5.10 Å². The molecule has 0 saturated heterocycles. The Hall–Kier alpha value is -0.465. The normalized spacial score (nSPS) is 11.6. The average Bonchev–Trinajstić information content (AvgIpc) is 1.65. The molecule has 0 aromatic heterocycles. The highest BCUT2D eigenvalue weighted by Gasteiger charge is 1.83. The van der Waals surface area contributed by atoms with E-state index in [0.717, 1.165) is 6.32 Å². The molecule has 0 N–H and O–H groups in total. The molecule has 0 heterocycles. The Morgan fingerprint density at radius 3 is 2.25 bits per heavy atom. The summed E-state index contributed by atoms with van der Waals surface area (Å²) in [5.41, 5.74) is 1.18. The van der Waals surface area contributed by atoms with Gasteiger partial charge < -0.3 is 5.01 Å². The number of nitrogens with zero attached hydrogens (tertiary/aromatic N) is 2. The van der Waals surface area contributed by atoms with Gasteiger partial charge in [0.2, 0.25) is 0 Å². The van der Waals surface area contributed by atoms with Crippen LogP contribution in [0.5, 0.6) is 0 Å². The van der Waals surface area contributed by atoms with Crippen molar-refractivity contribution in [2.45, 2.75) is 13.2 Å². The summed E-state index contributed by atoms with van der Waals surface area (Å²) in [5, 5.41) is 5.96. The first-order valence-electron chi connectivity index (χ1n) is 2.88. The molecule has 46 valence electrons. The van der Waals surface area contributed by atoms with Crippen molar-refractivity contribution in [1.29, 1.82) is 0 Å². The van der Waals surface area contributed by atoms with Gasteiger partial charge in [0.05, 0.1) is 0 Å². The fourth-order valence-corrected chi connectivity index (χ4v) is 0.412. The second-order valence-corrected chi connectivity index (χ2v) is 2.04. The summed E-state index contributed by atoms with van der Waals surface area (Å²) in [6.07, 6.45) is 1.04. The molecule has 0 atom stereocenters. The summed E-state index contributed by atoms with van der Waals surface area (Å²) < 4.78 is 0. The van der Waals surface area contributed by atoms with Gasteiger partial charge in [-0.05, 0) is 13.2 Å². The monoisotopic (exact) mass is 112 g/mol.